The monoisotopic (exact) mass is 303 g/mol. The van der Waals surface area contributed by atoms with Gasteiger partial charge in [-0.05, 0) is 49.5 Å². The Labute approximate surface area is 132 Å². The lowest BCUT2D eigenvalue weighted by atomic mass is 9.94. The molecule has 22 heavy (non-hydrogen) atoms. The Morgan fingerprint density at radius 3 is 2.41 bits per heavy atom. The highest BCUT2D eigenvalue weighted by molar-refractivity contribution is 5.91. The van der Waals surface area contributed by atoms with Crippen LogP contribution >= 0.6 is 0 Å². The first-order valence-electron chi connectivity index (χ1n) is 7.84. The molecule has 1 heterocycles. The third-order valence-electron chi connectivity index (χ3n) is 4.02. The first kappa shape index (κ1) is 16.5. The number of carbonyl (C=O) groups is 2. The molecule has 0 saturated carbocycles. The Kier molecular flexibility index (Phi) is 5.95. The van der Waals surface area contributed by atoms with E-state index < -0.39 is 0 Å². The van der Waals surface area contributed by atoms with Gasteiger partial charge in [-0.15, -0.1) is 0 Å². The summed E-state index contributed by atoms with van der Waals surface area (Å²) in [6.07, 6.45) is 3.11. The summed E-state index contributed by atoms with van der Waals surface area (Å²) >= 11 is 0. The maximum Gasteiger partial charge on any atom is 0.226 e. The smallest absolute Gasteiger partial charge is 0.226 e. The predicted octanol–water partition coefficient (Wildman–Crippen LogP) is 1.65. The topological polar surface area (TPSA) is 61.4 Å². The number of carbonyl (C=O) groups excluding carboxylic acids is 2. The van der Waals surface area contributed by atoms with Gasteiger partial charge in [0.1, 0.15) is 0 Å². The maximum atomic E-state index is 12.0. The van der Waals surface area contributed by atoms with Crippen molar-refractivity contribution in [3.8, 4) is 0 Å². The van der Waals surface area contributed by atoms with Gasteiger partial charge in [0.05, 0.1) is 6.42 Å². The second-order valence-corrected chi connectivity index (χ2v) is 6.11. The Hall–Kier alpha value is -1.88. The number of nitrogens with one attached hydrogen (secondary N) is 2. The number of rotatable bonds is 5. The van der Waals surface area contributed by atoms with E-state index in [1.165, 1.54) is 0 Å². The zero-order valence-electron chi connectivity index (χ0n) is 13.4. The highest BCUT2D eigenvalue weighted by Gasteiger charge is 2.16. The normalized spacial score (nSPS) is 15.4. The Morgan fingerprint density at radius 1 is 1.18 bits per heavy atom. The van der Waals surface area contributed by atoms with Crippen LogP contribution in [0.25, 0.3) is 0 Å². The highest BCUT2D eigenvalue weighted by Crippen LogP contribution is 2.17. The van der Waals surface area contributed by atoms with Gasteiger partial charge < -0.3 is 15.5 Å². The molecule has 5 nitrogen and oxygen atoms in total. The minimum atomic E-state index is 0.0719. The van der Waals surface area contributed by atoms with Crippen LogP contribution in [0.3, 0.4) is 0 Å². The van der Waals surface area contributed by atoms with E-state index in [-0.39, 0.29) is 11.8 Å². The van der Waals surface area contributed by atoms with Gasteiger partial charge in [-0.3, -0.25) is 9.59 Å². The van der Waals surface area contributed by atoms with E-state index in [4.69, 9.17) is 0 Å². The third-order valence-corrected chi connectivity index (χ3v) is 4.02. The minimum Gasteiger partial charge on any atom is -0.349 e. The van der Waals surface area contributed by atoms with Crippen LogP contribution in [0.4, 0.5) is 5.69 Å². The summed E-state index contributed by atoms with van der Waals surface area (Å²) in [6, 6.07) is 7.50. The molecule has 1 aromatic rings. The third kappa shape index (κ3) is 5.15. The molecule has 0 atom stereocenters. The molecule has 2 N–H and O–H groups in total. The van der Waals surface area contributed by atoms with Gasteiger partial charge in [-0.2, -0.15) is 0 Å². The number of piperidine rings is 1. The Morgan fingerprint density at radius 2 is 1.82 bits per heavy atom. The standard InChI is InChI=1S/C17H25N3O2/c1-20(2)17(22)12-13-3-5-15(6-4-13)19-16(21)11-14-7-9-18-10-8-14/h3-6,14,18H,7-12H2,1-2H3,(H,19,21). The van der Waals surface area contributed by atoms with E-state index in [9.17, 15) is 9.59 Å². The Bertz CT molecular complexity index is 505. The molecule has 0 radical (unpaired) electrons. The van der Waals surface area contributed by atoms with Gasteiger partial charge >= 0.3 is 0 Å². The van der Waals surface area contributed by atoms with E-state index in [0.29, 0.717) is 18.8 Å². The van der Waals surface area contributed by atoms with Crippen LogP contribution in [0, 0.1) is 5.92 Å². The summed E-state index contributed by atoms with van der Waals surface area (Å²) in [5.41, 5.74) is 1.75. The van der Waals surface area contributed by atoms with Gasteiger partial charge in [-0.1, -0.05) is 12.1 Å². The van der Waals surface area contributed by atoms with Gasteiger partial charge in [0.25, 0.3) is 0 Å². The Balaban J connectivity index is 1.82. The van der Waals surface area contributed by atoms with Crippen LogP contribution in [-0.4, -0.2) is 43.9 Å². The number of benzene rings is 1. The molecule has 1 fully saturated rings. The lowest BCUT2D eigenvalue weighted by Gasteiger charge is -2.21. The molecule has 1 aliphatic rings. The van der Waals surface area contributed by atoms with Gasteiger partial charge in [0, 0.05) is 26.2 Å². The molecule has 0 spiro atoms. The molecule has 2 amide bonds. The fourth-order valence-corrected chi connectivity index (χ4v) is 2.60. The summed E-state index contributed by atoms with van der Waals surface area (Å²) in [4.78, 5) is 25.3. The molecule has 1 aromatic carbocycles. The van der Waals surface area contributed by atoms with Crippen molar-refractivity contribution < 1.29 is 9.59 Å². The van der Waals surface area contributed by atoms with Crippen LogP contribution in [-0.2, 0) is 16.0 Å². The first-order valence-corrected chi connectivity index (χ1v) is 7.84. The number of anilines is 1. The van der Waals surface area contributed by atoms with Gasteiger partial charge in [0.15, 0.2) is 0 Å². The first-order chi connectivity index (χ1) is 10.5. The summed E-state index contributed by atoms with van der Waals surface area (Å²) in [7, 11) is 3.50. The average molecular weight is 303 g/mol. The molecular weight excluding hydrogens is 278 g/mol. The molecule has 0 aliphatic carbocycles. The summed E-state index contributed by atoms with van der Waals surface area (Å²) in [5, 5.41) is 6.24. The lowest BCUT2D eigenvalue weighted by Crippen LogP contribution is -2.30. The van der Waals surface area contributed by atoms with E-state index in [2.05, 4.69) is 10.6 Å². The molecule has 1 aliphatic heterocycles. The predicted molar refractivity (Wildman–Crippen MR) is 87.7 cm³/mol. The van der Waals surface area contributed by atoms with Gasteiger partial charge in [0.2, 0.25) is 11.8 Å². The SMILES string of the molecule is CN(C)C(=O)Cc1ccc(NC(=O)CC2CCNCC2)cc1. The highest BCUT2D eigenvalue weighted by atomic mass is 16.2. The molecule has 2 rings (SSSR count). The van der Waals surface area contributed by atoms with Crippen molar-refractivity contribution in [1.82, 2.24) is 10.2 Å². The van der Waals surface area contributed by atoms with Crippen LogP contribution in [0.2, 0.25) is 0 Å². The van der Waals surface area contributed by atoms with E-state index >= 15 is 0 Å². The average Bonchev–Trinajstić information content (AvgIpc) is 2.50. The number of nitrogens with zero attached hydrogens (tertiary/aromatic N) is 1. The zero-order valence-corrected chi connectivity index (χ0v) is 13.4. The van der Waals surface area contributed by atoms with Crippen molar-refractivity contribution in [3.05, 3.63) is 29.8 Å². The van der Waals surface area contributed by atoms with Crippen molar-refractivity contribution in [1.29, 1.82) is 0 Å². The quantitative estimate of drug-likeness (QED) is 0.869. The number of hydrogen-bond donors (Lipinski definition) is 2. The fourth-order valence-electron chi connectivity index (χ4n) is 2.60. The van der Waals surface area contributed by atoms with Gasteiger partial charge in [-0.25, -0.2) is 0 Å². The second kappa shape index (κ2) is 7.94. The van der Waals surface area contributed by atoms with E-state index in [1.807, 2.05) is 24.3 Å². The molecule has 0 bridgehead atoms. The van der Waals surface area contributed by atoms with Crippen molar-refractivity contribution in [2.24, 2.45) is 5.92 Å². The largest absolute Gasteiger partial charge is 0.349 e. The summed E-state index contributed by atoms with van der Waals surface area (Å²) in [6.45, 7) is 2.01. The maximum absolute atomic E-state index is 12.0. The van der Waals surface area contributed by atoms with Crippen molar-refractivity contribution in [3.63, 3.8) is 0 Å². The molecule has 0 aromatic heterocycles. The van der Waals surface area contributed by atoms with E-state index in [0.717, 1.165) is 37.2 Å². The van der Waals surface area contributed by atoms with Crippen LogP contribution in [0.1, 0.15) is 24.8 Å². The van der Waals surface area contributed by atoms with E-state index in [1.54, 1.807) is 19.0 Å². The zero-order chi connectivity index (χ0) is 15.9. The summed E-state index contributed by atoms with van der Waals surface area (Å²) < 4.78 is 0. The number of hydrogen-bond acceptors (Lipinski definition) is 3. The van der Waals surface area contributed by atoms with Crippen molar-refractivity contribution >= 4 is 17.5 Å². The molecule has 0 unspecified atom stereocenters. The fraction of sp³-hybridized carbons (Fsp3) is 0.529. The number of likely N-dealkylation sites (N-methyl/N-ethyl adjacent to an activating group) is 1. The molecular formula is C17H25N3O2. The van der Waals surface area contributed by atoms with Crippen LogP contribution in [0.15, 0.2) is 24.3 Å². The molecule has 5 heteroatoms. The molecule has 1 saturated heterocycles. The molecule has 120 valence electrons. The second-order valence-electron chi connectivity index (χ2n) is 6.11. The minimum absolute atomic E-state index is 0.0719. The lowest BCUT2D eigenvalue weighted by molar-refractivity contribution is -0.128. The van der Waals surface area contributed by atoms with Crippen molar-refractivity contribution in [2.45, 2.75) is 25.7 Å². The van der Waals surface area contributed by atoms with Crippen LogP contribution < -0.4 is 10.6 Å². The van der Waals surface area contributed by atoms with Crippen LogP contribution in [0.5, 0.6) is 0 Å². The van der Waals surface area contributed by atoms with Crippen molar-refractivity contribution in [2.75, 3.05) is 32.5 Å². The summed E-state index contributed by atoms with van der Waals surface area (Å²) in [5.74, 6) is 0.630. The number of amides is 2.